The molecule has 1 atom stereocenters. The predicted octanol–water partition coefficient (Wildman–Crippen LogP) is 2.99. The molecule has 1 aromatic heterocycles. The first-order valence-electron chi connectivity index (χ1n) is 5.56. The van der Waals surface area contributed by atoms with Crippen LogP contribution in [0.2, 0.25) is 0 Å². The predicted molar refractivity (Wildman–Crippen MR) is 71.8 cm³/mol. The molecule has 0 bridgehead atoms. The van der Waals surface area contributed by atoms with Gasteiger partial charge in [0.15, 0.2) is 0 Å². The number of hydrogen-bond donors (Lipinski definition) is 1. The molecule has 2 nitrogen and oxygen atoms in total. The van der Waals surface area contributed by atoms with Crippen LogP contribution in [0.25, 0.3) is 0 Å². The van der Waals surface area contributed by atoms with Crippen molar-refractivity contribution < 1.29 is 5.11 Å². The van der Waals surface area contributed by atoms with Gasteiger partial charge in [0.05, 0.1) is 6.10 Å². The SMILES string of the molecule is OC(Cc1cccnc1)Cc1ccccc1Br. The second-order valence-electron chi connectivity index (χ2n) is 4.01. The molecule has 0 saturated heterocycles. The number of hydrogen-bond acceptors (Lipinski definition) is 2. The average Bonchev–Trinajstić information content (AvgIpc) is 2.33. The van der Waals surface area contributed by atoms with Gasteiger partial charge < -0.3 is 5.11 Å². The lowest BCUT2D eigenvalue weighted by Gasteiger charge is -2.11. The van der Waals surface area contributed by atoms with E-state index in [0.717, 1.165) is 15.6 Å². The number of aliphatic hydroxyl groups excluding tert-OH is 1. The summed E-state index contributed by atoms with van der Waals surface area (Å²) in [6.07, 6.45) is 4.44. The Hall–Kier alpha value is -1.19. The van der Waals surface area contributed by atoms with E-state index in [1.807, 2.05) is 36.4 Å². The molecule has 17 heavy (non-hydrogen) atoms. The lowest BCUT2D eigenvalue weighted by atomic mass is 10.0. The molecule has 0 amide bonds. The number of rotatable bonds is 4. The minimum atomic E-state index is -0.377. The van der Waals surface area contributed by atoms with Crippen molar-refractivity contribution >= 4 is 15.9 Å². The first-order valence-corrected chi connectivity index (χ1v) is 6.35. The highest BCUT2D eigenvalue weighted by atomic mass is 79.9. The number of benzene rings is 1. The van der Waals surface area contributed by atoms with Crippen molar-refractivity contribution in [1.82, 2.24) is 4.98 Å². The zero-order valence-corrected chi connectivity index (χ0v) is 11.0. The summed E-state index contributed by atoms with van der Waals surface area (Å²) in [6.45, 7) is 0. The van der Waals surface area contributed by atoms with Crippen LogP contribution in [0.15, 0.2) is 53.3 Å². The minimum Gasteiger partial charge on any atom is -0.392 e. The molecule has 1 N–H and O–H groups in total. The van der Waals surface area contributed by atoms with Gasteiger partial charge in [0.1, 0.15) is 0 Å². The van der Waals surface area contributed by atoms with Crippen molar-refractivity contribution in [2.45, 2.75) is 18.9 Å². The fraction of sp³-hybridized carbons (Fsp3) is 0.214. The third-order valence-electron chi connectivity index (χ3n) is 2.61. The van der Waals surface area contributed by atoms with Crippen molar-refractivity contribution in [3.8, 4) is 0 Å². The molecular formula is C14H14BrNO. The van der Waals surface area contributed by atoms with Gasteiger partial charge in [0, 0.05) is 23.3 Å². The Morgan fingerprint density at radius 1 is 1.12 bits per heavy atom. The van der Waals surface area contributed by atoms with Crippen LogP contribution in [0.1, 0.15) is 11.1 Å². The normalized spacial score (nSPS) is 12.4. The van der Waals surface area contributed by atoms with Gasteiger partial charge in [-0.3, -0.25) is 4.98 Å². The molecule has 2 aromatic rings. The van der Waals surface area contributed by atoms with Gasteiger partial charge in [-0.05, 0) is 29.7 Å². The number of aromatic nitrogens is 1. The Kier molecular flexibility index (Phi) is 4.29. The van der Waals surface area contributed by atoms with E-state index in [1.165, 1.54) is 0 Å². The fourth-order valence-corrected chi connectivity index (χ4v) is 2.23. The maximum absolute atomic E-state index is 10.0. The van der Waals surface area contributed by atoms with Crippen LogP contribution < -0.4 is 0 Å². The van der Waals surface area contributed by atoms with Crippen LogP contribution in [0.5, 0.6) is 0 Å². The molecule has 1 aromatic carbocycles. The van der Waals surface area contributed by atoms with E-state index in [9.17, 15) is 5.11 Å². The van der Waals surface area contributed by atoms with Gasteiger partial charge in [0.25, 0.3) is 0 Å². The zero-order valence-electron chi connectivity index (χ0n) is 9.38. The highest BCUT2D eigenvalue weighted by Crippen LogP contribution is 2.18. The van der Waals surface area contributed by atoms with E-state index >= 15 is 0 Å². The van der Waals surface area contributed by atoms with Gasteiger partial charge in [-0.1, -0.05) is 40.2 Å². The Morgan fingerprint density at radius 3 is 2.65 bits per heavy atom. The Balaban J connectivity index is 1.98. The second kappa shape index (κ2) is 5.94. The summed E-state index contributed by atoms with van der Waals surface area (Å²) in [5.74, 6) is 0. The summed E-state index contributed by atoms with van der Waals surface area (Å²) in [5.41, 5.74) is 2.19. The fourth-order valence-electron chi connectivity index (χ4n) is 1.78. The van der Waals surface area contributed by atoms with E-state index in [1.54, 1.807) is 12.4 Å². The summed E-state index contributed by atoms with van der Waals surface area (Å²) < 4.78 is 1.05. The number of aliphatic hydroxyl groups is 1. The molecule has 0 aliphatic heterocycles. The van der Waals surface area contributed by atoms with Gasteiger partial charge in [-0.25, -0.2) is 0 Å². The maximum atomic E-state index is 10.0. The highest BCUT2D eigenvalue weighted by Gasteiger charge is 2.08. The molecular weight excluding hydrogens is 278 g/mol. The summed E-state index contributed by atoms with van der Waals surface area (Å²) in [6, 6.07) is 11.8. The van der Waals surface area contributed by atoms with Crippen LogP contribution in [0.4, 0.5) is 0 Å². The Morgan fingerprint density at radius 2 is 1.94 bits per heavy atom. The molecule has 0 aliphatic carbocycles. The molecule has 2 rings (SSSR count). The molecule has 88 valence electrons. The standard InChI is InChI=1S/C14H14BrNO/c15-14-6-2-1-5-12(14)9-13(17)8-11-4-3-7-16-10-11/h1-7,10,13,17H,8-9H2. The van der Waals surface area contributed by atoms with Crippen LogP contribution in [0, 0.1) is 0 Å². The minimum absolute atomic E-state index is 0.377. The highest BCUT2D eigenvalue weighted by molar-refractivity contribution is 9.10. The quantitative estimate of drug-likeness (QED) is 0.939. The molecule has 0 aliphatic rings. The lowest BCUT2D eigenvalue weighted by Crippen LogP contribution is -2.14. The van der Waals surface area contributed by atoms with Gasteiger partial charge in [-0.2, -0.15) is 0 Å². The van der Waals surface area contributed by atoms with Crippen molar-refractivity contribution in [2.24, 2.45) is 0 Å². The second-order valence-corrected chi connectivity index (χ2v) is 4.87. The van der Waals surface area contributed by atoms with E-state index in [-0.39, 0.29) is 6.10 Å². The summed E-state index contributed by atoms with van der Waals surface area (Å²) >= 11 is 3.49. The first kappa shape index (κ1) is 12.3. The Labute approximate surface area is 109 Å². The van der Waals surface area contributed by atoms with Crippen LogP contribution in [0.3, 0.4) is 0 Å². The molecule has 1 heterocycles. The van der Waals surface area contributed by atoms with Crippen molar-refractivity contribution in [3.05, 3.63) is 64.4 Å². The van der Waals surface area contributed by atoms with Crippen LogP contribution in [-0.2, 0) is 12.8 Å². The van der Waals surface area contributed by atoms with E-state index in [0.29, 0.717) is 12.8 Å². The topological polar surface area (TPSA) is 33.1 Å². The summed E-state index contributed by atoms with van der Waals surface area (Å²) in [4.78, 5) is 4.04. The molecule has 0 fully saturated rings. The molecule has 3 heteroatoms. The number of nitrogens with zero attached hydrogens (tertiary/aromatic N) is 1. The van der Waals surface area contributed by atoms with Crippen LogP contribution in [-0.4, -0.2) is 16.2 Å². The summed E-state index contributed by atoms with van der Waals surface area (Å²) in [7, 11) is 0. The van der Waals surface area contributed by atoms with E-state index in [4.69, 9.17) is 0 Å². The molecule has 0 spiro atoms. The maximum Gasteiger partial charge on any atom is 0.0621 e. The largest absolute Gasteiger partial charge is 0.392 e. The number of halogens is 1. The lowest BCUT2D eigenvalue weighted by molar-refractivity contribution is 0.175. The van der Waals surface area contributed by atoms with E-state index < -0.39 is 0 Å². The van der Waals surface area contributed by atoms with E-state index in [2.05, 4.69) is 20.9 Å². The molecule has 0 saturated carbocycles. The first-order chi connectivity index (χ1) is 8.25. The third kappa shape index (κ3) is 3.65. The van der Waals surface area contributed by atoms with Crippen molar-refractivity contribution in [1.29, 1.82) is 0 Å². The molecule has 0 radical (unpaired) electrons. The smallest absolute Gasteiger partial charge is 0.0621 e. The third-order valence-corrected chi connectivity index (χ3v) is 3.38. The average molecular weight is 292 g/mol. The monoisotopic (exact) mass is 291 g/mol. The zero-order chi connectivity index (χ0) is 12.1. The van der Waals surface area contributed by atoms with Gasteiger partial charge in [0.2, 0.25) is 0 Å². The van der Waals surface area contributed by atoms with Crippen LogP contribution >= 0.6 is 15.9 Å². The van der Waals surface area contributed by atoms with Crippen molar-refractivity contribution in [2.75, 3.05) is 0 Å². The molecule has 1 unspecified atom stereocenters. The van der Waals surface area contributed by atoms with Crippen molar-refractivity contribution in [3.63, 3.8) is 0 Å². The number of pyridine rings is 1. The van der Waals surface area contributed by atoms with Gasteiger partial charge >= 0.3 is 0 Å². The summed E-state index contributed by atoms with van der Waals surface area (Å²) in [5, 5.41) is 10.0. The Bertz CT molecular complexity index is 473. The van der Waals surface area contributed by atoms with Gasteiger partial charge in [-0.15, -0.1) is 0 Å².